The van der Waals surface area contributed by atoms with E-state index in [4.69, 9.17) is 0 Å². The molecule has 0 amide bonds. The van der Waals surface area contributed by atoms with Crippen molar-refractivity contribution in [1.29, 1.82) is 0 Å². The average Bonchev–Trinajstić information content (AvgIpc) is 2.78. The van der Waals surface area contributed by atoms with Gasteiger partial charge in [0, 0.05) is 24.1 Å². The van der Waals surface area contributed by atoms with Gasteiger partial charge in [0.15, 0.2) is 0 Å². The predicted molar refractivity (Wildman–Crippen MR) is 97.6 cm³/mol. The number of hydrogen-bond acceptors (Lipinski definition) is 3. The Morgan fingerprint density at radius 1 is 1.19 bits per heavy atom. The van der Waals surface area contributed by atoms with Crippen LogP contribution >= 0.6 is 24.2 Å². The largest absolute Gasteiger partial charge is 0.317 e. The molecule has 4 heteroatoms. The lowest BCUT2D eigenvalue weighted by molar-refractivity contribution is 0.203. The summed E-state index contributed by atoms with van der Waals surface area (Å²) in [5.74, 6) is 2.39. The van der Waals surface area contributed by atoms with Gasteiger partial charge in [0.25, 0.3) is 0 Å². The number of hydrogen-bond donors (Lipinski definition) is 1. The van der Waals surface area contributed by atoms with E-state index >= 15 is 0 Å². The molecule has 0 radical (unpaired) electrons. The lowest BCUT2D eigenvalue weighted by Crippen LogP contribution is -2.37. The fraction of sp³-hybridized carbons (Fsp3) is 0.647. The molecule has 1 heterocycles. The second-order valence-corrected chi connectivity index (χ2v) is 6.61. The Bertz CT molecular complexity index is 353. The molecule has 1 atom stereocenters. The monoisotopic (exact) mass is 328 g/mol. The normalized spacial score (nSPS) is 19.0. The summed E-state index contributed by atoms with van der Waals surface area (Å²) in [5, 5.41) is 3.51. The van der Waals surface area contributed by atoms with E-state index < -0.39 is 0 Å². The number of benzene rings is 1. The predicted octanol–water partition coefficient (Wildman–Crippen LogP) is 3.81. The maximum absolute atomic E-state index is 3.51. The number of nitrogens with zero attached hydrogens (tertiary/aromatic N) is 1. The zero-order valence-corrected chi connectivity index (χ0v) is 14.7. The molecule has 21 heavy (non-hydrogen) atoms. The van der Waals surface area contributed by atoms with Crippen LogP contribution in [0.3, 0.4) is 0 Å². The summed E-state index contributed by atoms with van der Waals surface area (Å²) in [4.78, 5) is 2.69. The molecule has 1 unspecified atom stereocenters. The second kappa shape index (κ2) is 11.4. The van der Waals surface area contributed by atoms with Crippen molar-refractivity contribution in [2.75, 3.05) is 31.9 Å². The molecule has 0 aromatic heterocycles. The first-order valence-electron chi connectivity index (χ1n) is 7.96. The molecule has 0 bridgehead atoms. The molecule has 1 aromatic rings. The lowest BCUT2D eigenvalue weighted by Gasteiger charge is -2.29. The first kappa shape index (κ1) is 18.8. The average molecular weight is 329 g/mol. The van der Waals surface area contributed by atoms with Crippen molar-refractivity contribution in [3.05, 3.63) is 35.9 Å². The highest BCUT2D eigenvalue weighted by Gasteiger charge is 2.17. The SMILES string of the molecule is CCN(CCSCc1ccccc1)C1CCCNCC1.Cl. The minimum atomic E-state index is 0. The van der Waals surface area contributed by atoms with Crippen LogP contribution in [-0.2, 0) is 5.75 Å². The van der Waals surface area contributed by atoms with Crippen molar-refractivity contribution in [3.63, 3.8) is 0 Å². The van der Waals surface area contributed by atoms with Gasteiger partial charge in [-0.3, -0.25) is 4.90 Å². The van der Waals surface area contributed by atoms with Crippen LogP contribution in [0.1, 0.15) is 31.7 Å². The van der Waals surface area contributed by atoms with Crippen LogP contribution in [0.15, 0.2) is 30.3 Å². The molecule has 1 aliphatic rings. The van der Waals surface area contributed by atoms with E-state index in [-0.39, 0.29) is 12.4 Å². The molecular formula is C17H29ClN2S. The van der Waals surface area contributed by atoms with Crippen molar-refractivity contribution in [1.82, 2.24) is 10.2 Å². The highest BCUT2D eigenvalue weighted by molar-refractivity contribution is 7.98. The van der Waals surface area contributed by atoms with Crippen LogP contribution in [0.4, 0.5) is 0 Å². The van der Waals surface area contributed by atoms with Gasteiger partial charge in [-0.1, -0.05) is 37.3 Å². The molecule has 0 spiro atoms. The summed E-state index contributed by atoms with van der Waals surface area (Å²) < 4.78 is 0. The summed E-state index contributed by atoms with van der Waals surface area (Å²) in [6.07, 6.45) is 4.01. The van der Waals surface area contributed by atoms with Crippen LogP contribution < -0.4 is 5.32 Å². The van der Waals surface area contributed by atoms with Crippen LogP contribution in [-0.4, -0.2) is 42.9 Å². The second-order valence-electron chi connectivity index (χ2n) is 5.50. The number of rotatable bonds is 7. The van der Waals surface area contributed by atoms with Gasteiger partial charge in [0.05, 0.1) is 0 Å². The number of halogens is 1. The van der Waals surface area contributed by atoms with Gasteiger partial charge in [0.2, 0.25) is 0 Å². The Labute approximate surface area is 140 Å². The first-order valence-corrected chi connectivity index (χ1v) is 9.12. The van der Waals surface area contributed by atoms with Crippen molar-refractivity contribution in [3.8, 4) is 0 Å². The number of thioether (sulfide) groups is 1. The molecule has 2 nitrogen and oxygen atoms in total. The Morgan fingerprint density at radius 2 is 2.00 bits per heavy atom. The molecule has 120 valence electrons. The third-order valence-corrected chi connectivity index (χ3v) is 5.11. The molecule has 1 fully saturated rings. The smallest absolute Gasteiger partial charge is 0.0185 e. The van der Waals surface area contributed by atoms with Crippen molar-refractivity contribution < 1.29 is 0 Å². The molecule has 1 N–H and O–H groups in total. The van der Waals surface area contributed by atoms with Gasteiger partial charge in [-0.2, -0.15) is 11.8 Å². The molecule has 1 aliphatic heterocycles. The maximum atomic E-state index is 3.51. The van der Waals surface area contributed by atoms with E-state index in [0.29, 0.717) is 0 Å². The summed E-state index contributed by atoms with van der Waals surface area (Å²) >= 11 is 2.06. The van der Waals surface area contributed by atoms with E-state index in [0.717, 1.165) is 11.8 Å². The minimum Gasteiger partial charge on any atom is -0.317 e. The number of nitrogens with one attached hydrogen (secondary N) is 1. The fourth-order valence-electron chi connectivity index (χ4n) is 2.91. The van der Waals surface area contributed by atoms with Gasteiger partial charge >= 0.3 is 0 Å². The highest BCUT2D eigenvalue weighted by Crippen LogP contribution is 2.16. The Morgan fingerprint density at radius 3 is 2.76 bits per heavy atom. The first-order chi connectivity index (χ1) is 9.90. The quantitative estimate of drug-likeness (QED) is 0.766. The Balaban J connectivity index is 0.00000220. The Hall–Kier alpha value is -0.220. The Kier molecular flexibility index (Phi) is 10.2. The van der Waals surface area contributed by atoms with Gasteiger partial charge in [0.1, 0.15) is 0 Å². The fourth-order valence-corrected chi connectivity index (χ4v) is 3.85. The summed E-state index contributed by atoms with van der Waals surface area (Å²) in [6, 6.07) is 11.6. The van der Waals surface area contributed by atoms with E-state index in [1.807, 2.05) is 0 Å². The van der Waals surface area contributed by atoms with Crippen molar-refractivity contribution >= 4 is 24.2 Å². The molecule has 0 aliphatic carbocycles. The van der Waals surface area contributed by atoms with E-state index in [9.17, 15) is 0 Å². The van der Waals surface area contributed by atoms with Gasteiger partial charge in [-0.15, -0.1) is 12.4 Å². The van der Waals surface area contributed by atoms with E-state index in [1.165, 1.54) is 56.8 Å². The van der Waals surface area contributed by atoms with E-state index in [2.05, 4.69) is 59.2 Å². The summed E-state index contributed by atoms with van der Waals surface area (Å²) in [6.45, 7) is 7.13. The molecule has 1 saturated heterocycles. The topological polar surface area (TPSA) is 15.3 Å². The summed E-state index contributed by atoms with van der Waals surface area (Å²) in [7, 11) is 0. The highest BCUT2D eigenvalue weighted by atomic mass is 35.5. The zero-order valence-electron chi connectivity index (χ0n) is 13.1. The third kappa shape index (κ3) is 7.05. The molecular weight excluding hydrogens is 300 g/mol. The van der Waals surface area contributed by atoms with Gasteiger partial charge in [-0.25, -0.2) is 0 Å². The van der Waals surface area contributed by atoms with Crippen LogP contribution in [0.5, 0.6) is 0 Å². The van der Waals surface area contributed by atoms with Crippen molar-refractivity contribution in [2.24, 2.45) is 0 Å². The minimum absolute atomic E-state index is 0. The zero-order chi connectivity index (χ0) is 14.0. The maximum Gasteiger partial charge on any atom is 0.0185 e. The van der Waals surface area contributed by atoms with E-state index in [1.54, 1.807) is 0 Å². The standard InChI is InChI=1S/C17H28N2S.ClH/c1-2-19(17-9-6-11-18-12-10-17)13-14-20-15-16-7-4-3-5-8-16;/h3-5,7-8,17-18H,2,6,9-15H2,1H3;1H. The van der Waals surface area contributed by atoms with Gasteiger partial charge in [-0.05, 0) is 44.5 Å². The molecule has 2 rings (SSSR count). The lowest BCUT2D eigenvalue weighted by atomic mass is 10.1. The van der Waals surface area contributed by atoms with Crippen LogP contribution in [0, 0.1) is 0 Å². The van der Waals surface area contributed by atoms with Gasteiger partial charge < -0.3 is 5.32 Å². The molecule has 0 saturated carbocycles. The summed E-state index contributed by atoms with van der Waals surface area (Å²) in [5.41, 5.74) is 1.44. The van der Waals surface area contributed by atoms with Crippen molar-refractivity contribution in [2.45, 2.75) is 38.0 Å². The third-order valence-electron chi connectivity index (χ3n) is 4.10. The van der Waals surface area contributed by atoms with Crippen LogP contribution in [0.25, 0.3) is 0 Å². The van der Waals surface area contributed by atoms with Crippen LogP contribution in [0.2, 0.25) is 0 Å². The molecule has 1 aromatic carbocycles.